The average molecular weight is 204 g/mol. The maximum absolute atomic E-state index is 10.6. The smallest absolute Gasteiger partial charge is 0.311 e. The molecule has 0 unspecified atom stereocenters. The van der Waals surface area contributed by atoms with Gasteiger partial charge in [0.15, 0.2) is 5.75 Å². The number of rotatable bonds is 2. The van der Waals surface area contributed by atoms with E-state index in [-0.39, 0.29) is 11.4 Å². The first-order valence-corrected chi connectivity index (χ1v) is 4.29. The average Bonchev–Trinajstić information content (AvgIpc) is 2.71. The van der Waals surface area contributed by atoms with E-state index in [1.165, 1.54) is 12.1 Å². The lowest BCUT2D eigenvalue weighted by Gasteiger charge is -1.99. The molecule has 0 saturated heterocycles. The van der Waals surface area contributed by atoms with E-state index in [0.29, 0.717) is 5.56 Å². The van der Waals surface area contributed by atoms with Gasteiger partial charge in [-0.2, -0.15) is 0 Å². The van der Waals surface area contributed by atoms with Crippen molar-refractivity contribution in [2.24, 2.45) is 0 Å². The molecule has 0 radical (unpaired) electrons. The third kappa shape index (κ3) is 1.67. The highest BCUT2D eigenvalue weighted by atomic mass is 16.6. The van der Waals surface area contributed by atoms with Gasteiger partial charge in [-0.15, -0.1) is 0 Å². The lowest BCUT2D eigenvalue weighted by atomic mass is 10.1. The van der Waals surface area contributed by atoms with E-state index in [0.717, 1.165) is 5.69 Å². The molecule has 1 aromatic heterocycles. The highest BCUT2D eigenvalue weighted by Crippen LogP contribution is 2.30. The minimum atomic E-state index is -0.609. The summed E-state index contributed by atoms with van der Waals surface area (Å²) < 4.78 is 0. The van der Waals surface area contributed by atoms with Crippen LogP contribution in [0.25, 0.3) is 11.3 Å². The van der Waals surface area contributed by atoms with Gasteiger partial charge in [0.25, 0.3) is 0 Å². The van der Waals surface area contributed by atoms with Gasteiger partial charge in [0.2, 0.25) is 0 Å². The van der Waals surface area contributed by atoms with Crippen LogP contribution in [0, 0.1) is 10.1 Å². The van der Waals surface area contributed by atoms with Crippen LogP contribution in [0.15, 0.2) is 36.5 Å². The summed E-state index contributed by atoms with van der Waals surface area (Å²) in [5.74, 6) is -0.324. The van der Waals surface area contributed by atoms with Crippen molar-refractivity contribution in [2.75, 3.05) is 0 Å². The molecule has 0 aliphatic carbocycles. The maximum atomic E-state index is 10.6. The van der Waals surface area contributed by atoms with Crippen LogP contribution in [-0.4, -0.2) is 15.0 Å². The van der Waals surface area contributed by atoms with E-state index in [9.17, 15) is 15.2 Å². The third-order valence-corrected chi connectivity index (χ3v) is 2.08. The fourth-order valence-electron chi connectivity index (χ4n) is 1.35. The molecule has 0 atom stereocenters. The molecule has 0 saturated carbocycles. The molecule has 1 heterocycles. The molecule has 0 spiro atoms. The third-order valence-electron chi connectivity index (χ3n) is 2.08. The Morgan fingerprint density at radius 1 is 1.33 bits per heavy atom. The number of hydrogen-bond acceptors (Lipinski definition) is 3. The number of hydrogen-bond donors (Lipinski definition) is 2. The zero-order valence-corrected chi connectivity index (χ0v) is 7.68. The number of aromatic hydroxyl groups is 1. The van der Waals surface area contributed by atoms with Crippen LogP contribution in [0.1, 0.15) is 0 Å². The van der Waals surface area contributed by atoms with Crippen molar-refractivity contribution in [3.8, 4) is 17.0 Å². The number of phenols is 1. The lowest BCUT2D eigenvalue weighted by molar-refractivity contribution is -0.385. The molecule has 0 bridgehead atoms. The largest absolute Gasteiger partial charge is 0.502 e. The van der Waals surface area contributed by atoms with Crippen LogP contribution in [-0.2, 0) is 0 Å². The van der Waals surface area contributed by atoms with Crippen LogP contribution < -0.4 is 0 Å². The molecule has 5 nitrogen and oxygen atoms in total. The molecular formula is C10H8N2O3. The fourth-order valence-corrected chi connectivity index (χ4v) is 1.35. The van der Waals surface area contributed by atoms with Crippen molar-refractivity contribution < 1.29 is 10.0 Å². The molecule has 1 aromatic carbocycles. The van der Waals surface area contributed by atoms with E-state index in [1.54, 1.807) is 24.4 Å². The first-order valence-electron chi connectivity index (χ1n) is 4.29. The zero-order chi connectivity index (χ0) is 10.8. The van der Waals surface area contributed by atoms with Crippen LogP contribution in [0.5, 0.6) is 5.75 Å². The summed E-state index contributed by atoms with van der Waals surface area (Å²) in [6, 6.07) is 7.87. The number of aromatic nitrogens is 1. The minimum Gasteiger partial charge on any atom is -0.502 e. The van der Waals surface area contributed by atoms with Crippen LogP contribution in [0.4, 0.5) is 5.69 Å². The molecular weight excluding hydrogens is 196 g/mol. The van der Waals surface area contributed by atoms with Crippen molar-refractivity contribution in [3.05, 3.63) is 46.6 Å². The molecule has 0 amide bonds. The molecule has 0 aliphatic heterocycles. The van der Waals surface area contributed by atoms with Gasteiger partial charge in [-0.05, 0) is 24.3 Å². The van der Waals surface area contributed by atoms with Gasteiger partial charge in [0.05, 0.1) is 4.92 Å². The number of nitrogens with zero attached hydrogens (tertiary/aromatic N) is 1. The fraction of sp³-hybridized carbons (Fsp3) is 0. The van der Waals surface area contributed by atoms with E-state index in [2.05, 4.69) is 4.98 Å². The van der Waals surface area contributed by atoms with Gasteiger partial charge in [0, 0.05) is 23.5 Å². The van der Waals surface area contributed by atoms with Crippen LogP contribution in [0.3, 0.4) is 0 Å². The Balaban J connectivity index is 2.52. The molecule has 15 heavy (non-hydrogen) atoms. The molecule has 2 aromatic rings. The summed E-state index contributed by atoms with van der Waals surface area (Å²) in [6.07, 6.45) is 1.73. The summed E-state index contributed by atoms with van der Waals surface area (Å²) >= 11 is 0. The number of H-pyrrole nitrogens is 1. The topological polar surface area (TPSA) is 79.2 Å². The van der Waals surface area contributed by atoms with Gasteiger partial charge >= 0.3 is 5.69 Å². The van der Waals surface area contributed by atoms with Crippen LogP contribution in [0.2, 0.25) is 0 Å². The number of nitrogens with one attached hydrogen (secondary N) is 1. The first-order chi connectivity index (χ1) is 7.18. The first kappa shape index (κ1) is 9.26. The summed E-state index contributed by atoms with van der Waals surface area (Å²) in [4.78, 5) is 12.9. The molecule has 2 rings (SSSR count). The van der Waals surface area contributed by atoms with E-state index < -0.39 is 4.92 Å². The Bertz CT molecular complexity index is 491. The summed E-state index contributed by atoms with van der Waals surface area (Å²) in [5, 5.41) is 19.8. The number of aromatic amines is 1. The predicted octanol–water partition coefficient (Wildman–Crippen LogP) is 2.30. The van der Waals surface area contributed by atoms with Crippen molar-refractivity contribution in [3.63, 3.8) is 0 Å². The molecule has 0 aliphatic rings. The van der Waals surface area contributed by atoms with Gasteiger partial charge in [-0.3, -0.25) is 10.1 Å². The van der Waals surface area contributed by atoms with E-state index >= 15 is 0 Å². The zero-order valence-electron chi connectivity index (χ0n) is 7.68. The number of nitro benzene ring substituents is 1. The Labute approximate surface area is 85.1 Å². The molecule has 76 valence electrons. The highest BCUT2D eigenvalue weighted by molar-refractivity contribution is 5.65. The normalized spacial score (nSPS) is 10.1. The predicted molar refractivity (Wildman–Crippen MR) is 54.5 cm³/mol. The lowest BCUT2D eigenvalue weighted by Crippen LogP contribution is -1.89. The van der Waals surface area contributed by atoms with E-state index in [1.807, 2.05) is 0 Å². The van der Waals surface area contributed by atoms with Gasteiger partial charge < -0.3 is 10.1 Å². The summed E-state index contributed by atoms with van der Waals surface area (Å²) in [6.45, 7) is 0. The monoisotopic (exact) mass is 204 g/mol. The van der Waals surface area contributed by atoms with Crippen molar-refractivity contribution in [1.29, 1.82) is 0 Å². The highest BCUT2D eigenvalue weighted by Gasteiger charge is 2.14. The van der Waals surface area contributed by atoms with E-state index in [4.69, 9.17) is 0 Å². The second-order valence-corrected chi connectivity index (χ2v) is 3.04. The Morgan fingerprint density at radius 2 is 2.13 bits per heavy atom. The van der Waals surface area contributed by atoms with Crippen molar-refractivity contribution in [1.82, 2.24) is 4.98 Å². The van der Waals surface area contributed by atoms with Crippen LogP contribution >= 0.6 is 0 Å². The molecule has 5 heteroatoms. The van der Waals surface area contributed by atoms with Gasteiger partial charge in [-0.1, -0.05) is 0 Å². The quantitative estimate of drug-likeness (QED) is 0.581. The van der Waals surface area contributed by atoms with Gasteiger partial charge in [0.1, 0.15) is 0 Å². The summed E-state index contributed by atoms with van der Waals surface area (Å²) in [5.41, 5.74) is 1.16. The van der Waals surface area contributed by atoms with Gasteiger partial charge in [-0.25, -0.2) is 0 Å². The Hall–Kier alpha value is -2.30. The second-order valence-electron chi connectivity index (χ2n) is 3.04. The van der Waals surface area contributed by atoms with Crippen molar-refractivity contribution >= 4 is 5.69 Å². The molecule has 0 fully saturated rings. The number of phenolic OH excluding ortho intramolecular Hbond substituents is 1. The number of nitro groups is 1. The number of benzene rings is 1. The Kier molecular flexibility index (Phi) is 2.13. The Morgan fingerprint density at radius 3 is 2.73 bits per heavy atom. The SMILES string of the molecule is O=[N+]([O-])c1cc(-c2ccc[nH]2)ccc1O. The summed E-state index contributed by atoms with van der Waals surface area (Å²) in [7, 11) is 0. The van der Waals surface area contributed by atoms with Crippen molar-refractivity contribution in [2.45, 2.75) is 0 Å². The second kappa shape index (κ2) is 3.45. The maximum Gasteiger partial charge on any atom is 0.311 e. The standard InChI is InChI=1S/C10H8N2O3/c13-10-4-3-7(6-9(10)12(14)15)8-2-1-5-11-8/h1-6,11,13H. The molecule has 2 N–H and O–H groups in total. The minimum absolute atomic E-state index is 0.290.